The molecule has 0 N–H and O–H groups in total. The van der Waals surface area contributed by atoms with Gasteiger partial charge in [-0.1, -0.05) is 0 Å². The van der Waals surface area contributed by atoms with Crippen LogP contribution in [0.2, 0.25) is 0 Å². The molecule has 0 aromatic carbocycles. The summed E-state index contributed by atoms with van der Waals surface area (Å²) in [6, 6.07) is 0. The summed E-state index contributed by atoms with van der Waals surface area (Å²) in [5.74, 6) is 1.34. The maximum Gasteiger partial charge on any atom is 0.311 e. The highest BCUT2D eigenvalue weighted by molar-refractivity contribution is 5.77. The molecule has 18 heavy (non-hydrogen) atoms. The quantitative estimate of drug-likeness (QED) is 0.752. The lowest BCUT2D eigenvalue weighted by Crippen LogP contribution is -2.48. The number of methoxy groups -OCH3 is 1. The number of nitrogens with zero attached hydrogens (tertiary/aromatic N) is 2. The number of aryl methyl sites for hydroxylation is 1. The van der Waals surface area contributed by atoms with Gasteiger partial charge in [0, 0.05) is 12.3 Å². The molecule has 0 atom stereocenters. The zero-order chi connectivity index (χ0) is 12.8. The average molecular weight is 250 g/mol. The Kier molecular flexibility index (Phi) is 2.47. The summed E-state index contributed by atoms with van der Waals surface area (Å²) in [5.41, 5.74) is -0.234. The minimum atomic E-state index is -0.244. The first-order valence-corrected chi connectivity index (χ1v) is 6.49. The Bertz CT molecular complexity index is 456. The third kappa shape index (κ3) is 1.49. The van der Waals surface area contributed by atoms with E-state index >= 15 is 0 Å². The van der Waals surface area contributed by atoms with Gasteiger partial charge in [-0.2, -0.15) is 0 Å². The van der Waals surface area contributed by atoms with Crippen LogP contribution < -0.4 is 0 Å². The number of hydrogen-bond acceptors (Lipinski definition) is 5. The van der Waals surface area contributed by atoms with Crippen LogP contribution in [0, 0.1) is 12.3 Å². The summed E-state index contributed by atoms with van der Waals surface area (Å²) >= 11 is 0. The predicted molar refractivity (Wildman–Crippen MR) is 62.9 cm³/mol. The molecule has 1 aromatic rings. The molecule has 0 unspecified atom stereocenters. The lowest BCUT2D eigenvalue weighted by Gasteiger charge is -2.49. The number of fused-ring (bicyclic) bond motifs is 3. The summed E-state index contributed by atoms with van der Waals surface area (Å²) in [6.07, 6.45) is 5.47. The van der Waals surface area contributed by atoms with Crippen molar-refractivity contribution in [2.75, 3.05) is 7.11 Å². The van der Waals surface area contributed by atoms with Crippen molar-refractivity contribution in [3.8, 4) is 0 Å². The Balaban J connectivity index is 1.85. The Morgan fingerprint density at radius 2 is 1.78 bits per heavy atom. The van der Waals surface area contributed by atoms with Gasteiger partial charge >= 0.3 is 5.97 Å². The fourth-order valence-corrected chi connectivity index (χ4v) is 3.54. The van der Waals surface area contributed by atoms with Crippen molar-refractivity contribution in [1.29, 1.82) is 0 Å². The summed E-state index contributed by atoms with van der Waals surface area (Å²) in [7, 11) is 1.48. The summed E-state index contributed by atoms with van der Waals surface area (Å²) in [5, 5.41) is 8.12. The average Bonchev–Trinajstić information content (AvgIpc) is 2.87. The lowest BCUT2D eigenvalue weighted by molar-refractivity contribution is -0.160. The van der Waals surface area contributed by atoms with Crippen LogP contribution >= 0.6 is 0 Å². The van der Waals surface area contributed by atoms with Crippen molar-refractivity contribution in [2.24, 2.45) is 5.41 Å². The number of ether oxygens (including phenoxy) is 1. The molecular weight excluding hydrogens is 232 g/mol. The SMILES string of the molecule is COC(=O)C12CCC(c3nnc(C)o3)(CC1)CC2. The maximum atomic E-state index is 11.9. The van der Waals surface area contributed by atoms with Crippen LogP contribution in [0.25, 0.3) is 0 Å². The van der Waals surface area contributed by atoms with Gasteiger partial charge in [-0.3, -0.25) is 4.79 Å². The molecular formula is C13H18N2O3. The van der Waals surface area contributed by atoms with Crippen LogP contribution in [0.3, 0.4) is 0 Å². The van der Waals surface area contributed by atoms with E-state index in [1.54, 1.807) is 0 Å². The molecule has 0 radical (unpaired) electrons. The highest BCUT2D eigenvalue weighted by atomic mass is 16.5. The Labute approximate surface area is 106 Å². The molecule has 1 aromatic heterocycles. The molecule has 0 spiro atoms. The lowest BCUT2D eigenvalue weighted by atomic mass is 9.53. The molecule has 5 nitrogen and oxygen atoms in total. The first-order chi connectivity index (χ1) is 8.60. The van der Waals surface area contributed by atoms with Gasteiger partial charge in [0.2, 0.25) is 11.8 Å². The largest absolute Gasteiger partial charge is 0.469 e. The highest BCUT2D eigenvalue weighted by Crippen LogP contribution is 2.57. The monoisotopic (exact) mass is 250 g/mol. The molecule has 3 saturated carbocycles. The molecule has 5 heteroatoms. The van der Waals surface area contributed by atoms with E-state index in [2.05, 4.69) is 10.2 Å². The summed E-state index contributed by atoms with van der Waals surface area (Å²) in [4.78, 5) is 11.9. The van der Waals surface area contributed by atoms with Gasteiger partial charge in [0.05, 0.1) is 12.5 Å². The number of carbonyl (C=O) groups is 1. The van der Waals surface area contributed by atoms with Crippen LogP contribution in [0.15, 0.2) is 4.42 Å². The Morgan fingerprint density at radius 1 is 1.17 bits per heavy atom. The smallest absolute Gasteiger partial charge is 0.311 e. The normalized spacial score (nSPS) is 34.6. The molecule has 2 bridgehead atoms. The first-order valence-electron chi connectivity index (χ1n) is 6.49. The fourth-order valence-electron chi connectivity index (χ4n) is 3.54. The second-order valence-electron chi connectivity index (χ2n) is 5.68. The van der Waals surface area contributed by atoms with E-state index in [1.807, 2.05) is 6.92 Å². The van der Waals surface area contributed by atoms with E-state index < -0.39 is 0 Å². The van der Waals surface area contributed by atoms with Crippen molar-refractivity contribution < 1.29 is 13.9 Å². The molecule has 0 aliphatic heterocycles. The van der Waals surface area contributed by atoms with E-state index in [0.717, 1.165) is 44.4 Å². The number of rotatable bonds is 2. The minimum Gasteiger partial charge on any atom is -0.469 e. The molecule has 0 amide bonds. The third-order valence-electron chi connectivity index (χ3n) is 4.84. The van der Waals surface area contributed by atoms with Crippen molar-refractivity contribution in [3.63, 3.8) is 0 Å². The van der Waals surface area contributed by atoms with E-state index in [0.29, 0.717) is 5.89 Å². The van der Waals surface area contributed by atoms with Crippen molar-refractivity contribution in [3.05, 3.63) is 11.8 Å². The zero-order valence-electron chi connectivity index (χ0n) is 10.9. The van der Waals surface area contributed by atoms with Crippen molar-refractivity contribution >= 4 is 5.97 Å². The van der Waals surface area contributed by atoms with Gasteiger partial charge in [0.15, 0.2) is 0 Å². The van der Waals surface area contributed by atoms with Crippen molar-refractivity contribution in [2.45, 2.75) is 50.9 Å². The fraction of sp³-hybridized carbons (Fsp3) is 0.769. The number of hydrogen-bond donors (Lipinski definition) is 0. The highest BCUT2D eigenvalue weighted by Gasteiger charge is 2.55. The number of aromatic nitrogens is 2. The predicted octanol–water partition coefficient (Wildman–Crippen LogP) is 2.14. The van der Waals surface area contributed by atoms with E-state index in [9.17, 15) is 4.79 Å². The Morgan fingerprint density at radius 3 is 2.22 bits per heavy atom. The number of carbonyl (C=O) groups excluding carboxylic acids is 1. The molecule has 3 aliphatic rings. The maximum absolute atomic E-state index is 11.9. The summed E-state index contributed by atoms with van der Waals surface area (Å²) < 4.78 is 10.6. The molecule has 98 valence electrons. The molecule has 0 saturated heterocycles. The molecule has 3 fully saturated rings. The standard InChI is InChI=1S/C13H18N2O3/c1-9-14-15-10(18-9)12-3-6-13(7-4-12,8-5-12)11(16)17-2/h3-8H2,1-2H3. The second-order valence-corrected chi connectivity index (χ2v) is 5.68. The van der Waals surface area contributed by atoms with Crippen LogP contribution in [0.1, 0.15) is 50.3 Å². The topological polar surface area (TPSA) is 65.2 Å². The molecule has 1 heterocycles. The third-order valence-corrected chi connectivity index (χ3v) is 4.84. The van der Waals surface area contributed by atoms with Crippen LogP contribution in [0.5, 0.6) is 0 Å². The van der Waals surface area contributed by atoms with E-state index in [4.69, 9.17) is 9.15 Å². The van der Waals surface area contributed by atoms with E-state index in [1.165, 1.54) is 7.11 Å². The van der Waals surface area contributed by atoms with Gasteiger partial charge in [-0.05, 0) is 38.5 Å². The van der Waals surface area contributed by atoms with Gasteiger partial charge in [-0.25, -0.2) is 0 Å². The van der Waals surface area contributed by atoms with Gasteiger partial charge in [-0.15, -0.1) is 10.2 Å². The number of esters is 1. The Hall–Kier alpha value is -1.39. The van der Waals surface area contributed by atoms with Gasteiger partial charge < -0.3 is 9.15 Å². The van der Waals surface area contributed by atoms with Crippen LogP contribution in [-0.4, -0.2) is 23.3 Å². The second kappa shape index (κ2) is 3.80. The summed E-state index contributed by atoms with van der Waals surface area (Å²) in [6.45, 7) is 1.82. The van der Waals surface area contributed by atoms with Gasteiger partial charge in [0.1, 0.15) is 0 Å². The minimum absolute atomic E-state index is 0.0109. The van der Waals surface area contributed by atoms with E-state index in [-0.39, 0.29) is 16.8 Å². The van der Waals surface area contributed by atoms with Crippen molar-refractivity contribution in [1.82, 2.24) is 10.2 Å². The van der Waals surface area contributed by atoms with Crippen LogP contribution in [-0.2, 0) is 14.9 Å². The first kappa shape index (κ1) is 11.7. The molecule has 3 aliphatic carbocycles. The van der Waals surface area contributed by atoms with Crippen LogP contribution in [0.4, 0.5) is 0 Å². The van der Waals surface area contributed by atoms with Gasteiger partial charge in [0.25, 0.3) is 0 Å². The molecule has 4 rings (SSSR count). The zero-order valence-corrected chi connectivity index (χ0v) is 10.9.